The van der Waals surface area contributed by atoms with Gasteiger partial charge in [-0.15, -0.1) is 0 Å². The van der Waals surface area contributed by atoms with E-state index in [4.69, 9.17) is 4.74 Å². The number of anilines is 1. The van der Waals surface area contributed by atoms with Crippen molar-refractivity contribution in [3.63, 3.8) is 0 Å². The molecule has 1 amide bonds. The molecule has 2 aromatic rings. The summed E-state index contributed by atoms with van der Waals surface area (Å²) in [5, 5.41) is 2.91. The number of benzene rings is 2. The molecule has 29 heavy (non-hydrogen) atoms. The van der Waals surface area contributed by atoms with Crippen LogP contribution in [0.3, 0.4) is 0 Å². The quantitative estimate of drug-likeness (QED) is 0.597. The highest BCUT2D eigenvalue weighted by Gasteiger charge is 2.09. The summed E-state index contributed by atoms with van der Waals surface area (Å²) in [6, 6.07) is 14.4. The van der Waals surface area contributed by atoms with Gasteiger partial charge in [-0.05, 0) is 55.3 Å². The number of nitrogens with zero attached hydrogens (tertiary/aromatic N) is 1. The topological polar surface area (TPSA) is 75.7 Å². The fourth-order valence-electron chi connectivity index (χ4n) is 2.80. The van der Waals surface area contributed by atoms with Crippen molar-refractivity contribution in [3.05, 3.63) is 54.1 Å². The van der Waals surface area contributed by atoms with Crippen LogP contribution in [0, 0.1) is 0 Å². The lowest BCUT2D eigenvalue weighted by molar-refractivity contribution is -0.117. The highest BCUT2D eigenvalue weighted by Crippen LogP contribution is 2.18. The van der Waals surface area contributed by atoms with Gasteiger partial charge in [0.2, 0.25) is 5.91 Å². The Bertz CT molecular complexity index is 909. The molecule has 7 heteroatoms. The highest BCUT2D eigenvalue weighted by atomic mass is 32.2. The van der Waals surface area contributed by atoms with Gasteiger partial charge in [-0.3, -0.25) is 9.69 Å². The molecular formula is C22H30N2O4S. The van der Waals surface area contributed by atoms with Crippen LogP contribution in [-0.4, -0.2) is 52.2 Å². The number of hydrogen-bond donors (Lipinski definition) is 1. The average molecular weight is 419 g/mol. The van der Waals surface area contributed by atoms with E-state index in [0.29, 0.717) is 24.8 Å². The Balaban J connectivity index is 1.71. The Morgan fingerprint density at radius 1 is 1.14 bits per heavy atom. The number of ether oxygens (including phenoxy) is 1. The lowest BCUT2D eigenvalue weighted by Gasteiger charge is -2.16. The third kappa shape index (κ3) is 7.87. The van der Waals surface area contributed by atoms with Gasteiger partial charge in [0.25, 0.3) is 0 Å². The first kappa shape index (κ1) is 22.9. The Morgan fingerprint density at radius 3 is 2.45 bits per heavy atom. The van der Waals surface area contributed by atoms with Crippen molar-refractivity contribution in [3.8, 4) is 5.75 Å². The van der Waals surface area contributed by atoms with Crippen molar-refractivity contribution in [2.45, 2.75) is 31.1 Å². The van der Waals surface area contributed by atoms with Crippen LogP contribution in [0.5, 0.6) is 5.75 Å². The summed E-state index contributed by atoms with van der Waals surface area (Å²) in [6.45, 7) is 5.68. The van der Waals surface area contributed by atoms with Crippen LogP contribution >= 0.6 is 0 Å². The van der Waals surface area contributed by atoms with Gasteiger partial charge in [-0.25, -0.2) is 8.42 Å². The minimum Gasteiger partial charge on any atom is -0.494 e. The maximum absolute atomic E-state index is 12.2. The fourth-order valence-corrected chi connectivity index (χ4v) is 3.45. The van der Waals surface area contributed by atoms with E-state index in [1.807, 2.05) is 36.2 Å². The summed E-state index contributed by atoms with van der Waals surface area (Å²) in [5.41, 5.74) is 2.03. The first-order chi connectivity index (χ1) is 13.6. The molecule has 2 rings (SSSR count). The minimum atomic E-state index is -3.25. The van der Waals surface area contributed by atoms with Crippen molar-refractivity contribution in [2.75, 3.05) is 38.3 Å². The van der Waals surface area contributed by atoms with Gasteiger partial charge in [0.05, 0.1) is 18.0 Å². The molecule has 2 aromatic carbocycles. The predicted octanol–water partition coefficient (Wildman–Crippen LogP) is 3.55. The third-order valence-electron chi connectivity index (χ3n) is 4.46. The second-order valence-electron chi connectivity index (χ2n) is 7.51. The standard InChI is InChI=1S/C22H30N2O4S/c1-17(2)18-9-11-19(12-10-18)23-22(25)16-24(3)13-6-14-28-20-7-5-8-21(15-20)29(4,26)27/h5,7-12,15,17H,6,13-14,16H2,1-4H3,(H,23,25). The molecule has 0 heterocycles. The van der Waals surface area contributed by atoms with Crippen molar-refractivity contribution in [2.24, 2.45) is 0 Å². The number of likely N-dealkylation sites (N-methyl/N-ethyl adjacent to an activating group) is 1. The summed E-state index contributed by atoms with van der Waals surface area (Å²) in [4.78, 5) is 14.4. The van der Waals surface area contributed by atoms with Crippen LogP contribution in [0.4, 0.5) is 5.69 Å². The molecule has 0 saturated carbocycles. The van der Waals surface area contributed by atoms with Gasteiger partial charge in [0, 0.05) is 18.5 Å². The van der Waals surface area contributed by atoms with Crippen molar-refractivity contribution in [1.82, 2.24) is 4.90 Å². The maximum atomic E-state index is 12.2. The zero-order valence-electron chi connectivity index (χ0n) is 17.5. The molecule has 0 saturated heterocycles. The zero-order valence-corrected chi connectivity index (χ0v) is 18.3. The molecule has 0 unspecified atom stereocenters. The summed E-state index contributed by atoms with van der Waals surface area (Å²) in [5.74, 6) is 0.923. The average Bonchev–Trinajstić information content (AvgIpc) is 2.65. The summed E-state index contributed by atoms with van der Waals surface area (Å²) >= 11 is 0. The second kappa shape index (κ2) is 10.4. The Morgan fingerprint density at radius 2 is 1.83 bits per heavy atom. The molecule has 1 N–H and O–H groups in total. The Kier molecular flexibility index (Phi) is 8.22. The normalized spacial score (nSPS) is 11.7. The molecule has 158 valence electrons. The number of carbonyl (C=O) groups is 1. The van der Waals surface area contributed by atoms with E-state index in [0.717, 1.165) is 12.1 Å². The number of sulfone groups is 1. The number of rotatable bonds is 10. The molecule has 0 fully saturated rings. The van der Waals surface area contributed by atoms with E-state index >= 15 is 0 Å². The van der Waals surface area contributed by atoms with E-state index in [1.165, 1.54) is 17.9 Å². The fraction of sp³-hybridized carbons (Fsp3) is 0.409. The van der Waals surface area contributed by atoms with Gasteiger partial charge < -0.3 is 10.1 Å². The molecule has 0 aliphatic carbocycles. The van der Waals surface area contributed by atoms with Crippen LogP contribution in [0.15, 0.2) is 53.4 Å². The van der Waals surface area contributed by atoms with Crippen molar-refractivity contribution < 1.29 is 17.9 Å². The van der Waals surface area contributed by atoms with Crippen LogP contribution in [0.25, 0.3) is 0 Å². The van der Waals surface area contributed by atoms with E-state index in [-0.39, 0.29) is 17.3 Å². The van der Waals surface area contributed by atoms with Gasteiger partial charge in [-0.2, -0.15) is 0 Å². The Hall–Kier alpha value is -2.38. The van der Waals surface area contributed by atoms with Crippen molar-refractivity contribution in [1.29, 1.82) is 0 Å². The molecule has 0 atom stereocenters. The van der Waals surface area contributed by atoms with E-state index in [9.17, 15) is 13.2 Å². The van der Waals surface area contributed by atoms with Gasteiger partial charge in [0.15, 0.2) is 9.84 Å². The number of carbonyl (C=O) groups excluding carboxylic acids is 1. The summed E-state index contributed by atoms with van der Waals surface area (Å²) in [7, 11) is -1.37. The first-order valence-electron chi connectivity index (χ1n) is 9.66. The van der Waals surface area contributed by atoms with Gasteiger partial charge in [0.1, 0.15) is 5.75 Å². The van der Waals surface area contributed by atoms with Gasteiger partial charge >= 0.3 is 0 Å². The third-order valence-corrected chi connectivity index (χ3v) is 5.57. The van der Waals surface area contributed by atoms with Crippen LogP contribution in [0.1, 0.15) is 31.7 Å². The molecule has 0 bridgehead atoms. The summed E-state index contributed by atoms with van der Waals surface area (Å²) in [6.07, 6.45) is 1.89. The van der Waals surface area contributed by atoms with Crippen LogP contribution in [-0.2, 0) is 14.6 Å². The predicted molar refractivity (Wildman–Crippen MR) is 116 cm³/mol. The lowest BCUT2D eigenvalue weighted by Crippen LogP contribution is -2.31. The molecule has 0 radical (unpaired) electrons. The van der Waals surface area contributed by atoms with Crippen LogP contribution < -0.4 is 10.1 Å². The number of hydrogen-bond acceptors (Lipinski definition) is 5. The minimum absolute atomic E-state index is 0.0634. The lowest BCUT2D eigenvalue weighted by atomic mass is 10.0. The van der Waals surface area contributed by atoms with E-state index < -0.39 is 9.84 Å². The van der Waals surface area contributed by atoms with E-state index in [1.54, 1.807) is 18.2 Å². The maximum Gasteiger partial charge on any atom is 0.238 e. The summed E-state index contributed by atoms with van der Waals surface area (Å²) < 4.78 is 28.8. The van der Waals surface area contributed by atoms with Gasteiger partial charge in [-0.1, -0.05) is 32.0 Å². The first-order valence-corrected chi connectivity index (χ1v) is 11.6. The van der Waals surface area contributed by atoms with Crippen molar-refractivity contribution >= 4 is 21.4 Å². The zero-order chi connectivity index (χ0) is 21.4. The molecular weight excluding hydrogens is 388 g/mol. The molecule has 0 aliphatic rings. The second-order valence-corrected chi connectivity index (χ2v) is 9.53. The monoisotopic (exact) mass is 418 g/mol. The molecule has 6 nitrogen and oxygen atoms in total. The number of amides is 1. The van der Waals surface area contributed by atoms with E-state index in [2.05, 4.69) is 19.2 Å². The highest BCUT2D eigenvalue weighted by molar-refractivity contribution is 7.90. The SMILES string of the molecule is CC(C)c1ccc(NC(=O)CN(C)CCCOc2cccc(S(C)(=O)=O)c2)cc1. The largest absolute Gasteiger partial charge is 0.494 e. The molecule has 0 spiro atoms. The Labute approximate surface area is 173 Å². The number of nitrogens with one attached hydrogen (secondary N) is 1. The van der Waals surface area contributed by atoms with Crippen LogP contribution in [0.2, 0.25) is 0 Å². The smallest absolute Gasteiger partial charge is 0.238 e. The molecule has 0 aromatic heterocycles. The molecule has 0 aliphatic heterocycles.